The van der Waals surface area contributed by atoms with E-state index in [-0.39, 0.29) is 53.9 Å². The Balaban J connectivity index is 1.35. The van der Waals surface area contributed by atoms with Crippen LogP contribution in [0.15, 0.2) is 58.2 Å². The Morgan fingerprint density at radius 1 is 1.05 bits per heavy atom. The number of fused-ring (bicyclic) bond motifs is 1. The molecule has 0 spiro atoms. The second-order valence-corrected chi connectivity index (χ2v) is 11.5. The summed E-state index contributed by atoms with van der Waals surface area (Å²) in [6.45, 7) is 3.02. The molecule has 1 aliphatic rings. The van der Waals surface area contributed by atoms with E-state index in [4.69, 9.17) is 0 Å². The predicted molar refractivity (Wildman–Crippen MR) is 148 cm³/mol. The highest BCUT2D eigenvalue weighted by Crippen LogP contribution is 2.19. The lowest BCUT2D eigenvalue weighted by molar-refractivity contribution is -0.134. The summed E-state index contributed by atoms with van der Waals surface area (Å²) in [5.74, 6) is -0.726. The molecule has 11 nitrogen and oxygen atoms in total. The fraction of sp³-hybridized carbons (Fsp3) is 0.407. The van der Waals surface area contributed by atoms with Gasteiger partial charge in [0.1, 0.15) is 11.2 Å². The Kier molecular flexibility index (Phi) is 8.78. The van der Waals surface area contributed by atoms with Crippen molar-refractivity contribution in [1.82, 2.24) is 30.2 Å². The third-order valence-corrected chi connectivity index (χ3v) is 8.42. The van der Waals surface area contributed by atoms with Gasteiger partial charge >= 0.3 is 0 Å². The number of aromatic nitrogens is 2. The van der Waals surface area contributed by atoms with E-state index in [0.717, 1.165) is 5.56 Å². The number of nitrogens with one attached hydrogen (secondary N) is 4. The lowest BCUT2D eigenvalue weighted by Gasteiger charge is -2.37. The quantitative estimate of drug-likeness (QED) is 0.267. The molecule has 39 heavy (non-hydrogen) atoms. The van der Waals surface area contributed by atoms with Crippen LogP contribution in [0.1, 0.15) is 30.5 Å². The second-order valence-electron chi connectivity index (χ2n) is 9.76. The fourth-order valence-corrected chi connectivity index (χ4v) is 5.69. The van der Waals surface area contributed by atoms with Crippen molar-refractivity contribution in [3.63, 3.8) is 0 Å². The first-order chi connectivity index (χ1) is 18.6. The van der Waals surface area contributed by atoms with Gasteiger partial charge in [0.25, 0.3) is 5.56 Å². The lowest BCUT2D eigenvalue weighted by atomic mass is 9.87. The molecule has 0 saturated carbocycles. The van der Waals surface area contributed by atoms with Crippen molar-refractivity contribution in [3.05, 3.63) is 70.1 Å². The molecule has 208 valence electrons. The molecule has 1 fully saturated rings. The van der Waals surface area contributed by atoms with Crippen molar-refractivity contribution in [2.24, 2.45) is 7.05 Å². The fourth-order valence-electron chi connectivity index (χ4n) is 4.66. The number of aryl methyl sites for hydroxylation is 3. The summed E-state index contributed by atoms with van der Waals surface area (Å²) in [5.41, 5.74) is 1.23. The number of amides is 2. The number of hydrogen-bond acceptors (Lipinski definition) is 7. The minimum atomic E-state index is -3.70. The number of carbonyl (C=O) groups is 2. The van der Waals surface area contributed by atoms with Gasteiger partial charge in [0.2, 0.25) is 21.8 Å². The Hall–Kier alpha value is -3.61. The van der Waals surface area contributed by atoms with Gasteiger partial charge in [-0.1, -0.05) is 29.8 Å². The summed E-state index contributed by atoms with van der Waals surface area (Å²) in [6.07, 6.45) is 0.908. The Morgan fingerprint density at radius 2 is 1.74 bits per heavy atom. The standard InChI is InChI=1S/C27H34N6O5S/c1-19-7-9-20(10-8-19)39(37,38)30-18-17-29-26(36)27(13-15-28-16-14-27)32-24(34)12-11-22-25(35)33(2)23-6-4-3-5-21(23)31-22/h3-10,28,30H,11-18H2,1-2H3,(H,29,36)(H,32,34). The molecule has 2 aromatic carbocycles. The van der Waals surface area contributed by atoms with Crippen LogP contribution < -0.4 is 26.2 Å². The largest absolute Gasteiger partial charge is 0.353 e. The molecule has 1 saturated heterocycles. The van der Waals surface area contributed by atoms with Crippen molar-refractivity contribution in [2.45, 2.75) is 43.0 Å². The number of hydrogen-bond donors (Lipinski definition) is 4. The first-order valence-electron chi connectivity index (χ1n) is 12.9. The maximum Gasteiger partial charge on any atom is 0.272 e. The molecule has 4 rings (SSSR count). The second kappa shape index (κ2) is 12.1. The van der Waals surface area contributed by atoms with Crippen LogP contribution in [-0.2, 0) is 33.1 Å². The van der Waals surface area contributed by atoms with Crippen LogP contribution in [0.2, 0.25) is 0 Å². The van der Waals surface area contributed by atoms with E-state index in [1.807, 2.05) is 31.2 Å². The highest BCUT2D eigenvalue weighted by Gasteiger charge is 2.40. The van der Waals surface area contributed by atoms with Gasteiger partial charge in [-0.2, -0.15) is 0 Å². The zero-order chi connectivity index (χ0) is 28.0. The minimum absolute atomic E-state index is 0.000607. The van der Waals surface area contributed by atoms with Crippen LogP contribution in [0.5, 0.6) is 0 Å². The van der Waals surface area contributed by atoms with Gasteiger partial charge in [0.15, 0.2) is 0 Å². The predicted octanol–water partition coefficient (Wildman–Crippen LogP) is 0.508. The average molecular weight is 555 g/mol. The number of rotatable bonds is 10. The summed E-state index contributed by atoms with van der Waals surface area (Å²) >= 11 is 0. The number of carbonyl (C=O) groups excluding carboxylic acids is 2. The normalized spacial score (nSPS) is 15.1. The summed E-state index contributed by atoms with van der Waals surface area (Å²) in [7, 11) is -2.03. The van der Waals surface area contributed by atoms with Gasteiger partial charge in [-0.25, -0.2) is 18.1 Å². The Morgan fingerprint density at radius 3 is 2.46 bits per heavy atom. The monoisotopic (exact) mass is 554 g/mol. The molecule has 0 unspecified atom stereocenters. The Labute approximate surface area is 227 Å². The summed E-state index contributed by atoms with van der Waals surface area (Å²) in [4.78, 5) is 43.5. The molecule has 4 N–H and O–H groups in total. The molecule has 0 radical (unpaired) electrons. The van der Waals surface area contributed by atoms with Crippen molar-refractivity contribution in [3.8, 4) is 0 Å². The van der Waals surface area contributed by atoms with Crippen molar-refractivity contribution < 1.29 is 18.0 Å². The third kappa shape index (κ3) is 6.70. The zero-order valence-corrected chi connectivity index (χ0v) is 22.9. The van der Waals surface area contributed by atoms with Gasteiger partial charge in [-0.3, -0.25) is 14.4 Å². The molecule has 2 amide bonds. The van der Waals surface area contributed by atoms with Crippen LogP contribution in [0, 0.1) is 6.92 Å². The van der Waals surface area contributed by atoms with E-state index < -0.39 is 15.6 Å². The first kappa shape index (κ1) is 28.4. The molecule has 1 aliphatic heterocycles. The van der Waals surface area contributed by atoms with E-state index in [1.54, 1.807) is 19.2 Å². The number of piperidine rings is 1. The number of para-hydroxylation sites is 2. The molecule has 0 atom stereocenters. The van der Waals surface area contributed by atoms with Crippen LogP contribution in [0.25, 0.3) is 11.0 Å². The number of nitrogens with zero attached hydrogens (tertiary/aromatic N) is 2. The molecular weight excluding hydrogens is 520 g/mol. The van der Waals surface area contributed by atoms with Crippen LogP contribution in [0.3, 0.4) is 0 Å². The summed E-state index contributed by atoms with van der Waals surface area (Å²) in [5, 5.41) is 8.85. The van der Waals surface area contributed by atoms with Gasteiger partial charge in [-0.15, -0.1) is 0 Å². The topological polar surface area (TPSA) is 151 Å². The maximum absolute atomic E-state index is 13.2. The van der Waals surface area contributed by atoms with Crippen molar-refractivity contribution in [1.29, 1.82) is 0 Å². The summed E-state index contributed by atoms with van der Waals surface area (Å²) < 4.78 is 29.0. The van der Waals surface area contributed by atoms with Crippen LogP contribution >= 0.6 is 0 Å². The smallest absolute Gasteiger partial charge is 0.272 e. The minimum Gasteiger partial charge on any atom is -0.353 e. The van der Waals surface area contributed by atoms with Gasteiger partial charge in [0, 0.05) is 33.0 Å². The molecule has 1 aromatic heterocycles. The molecule has 12 heteroatoms. The molecular formula is C27H34N6O5S. The lowest BCUT2D eigenvalue weighted by Crippen LogP contribution is -2.63. The van der Waals surface area contributed by atoms with E-state index in [9.17, 15) is 22.8 Å². The van der Waals surface area contributed by atoms with E-state index in [0.29, 0.717) is 37.0 Å². The SMILES string of the molecule is Cc1ccc(S(=O)(=O)NCCNC(=O)C2(NC(=O)CCc3nc4ccccc4n(C)c3=O)CCNCC2)cc1. The maximum atomic E-state index is 13.2. The highest BCUT2D eigenvalue weighted by molar-refractivity contribution is 7.89. The van der Waals surface area contributed by atoms with Gasteiger partial charge < -0.3 is 20.5 Å². The van der Waals surface area contributed by atoms with E-state index in [2.05, 4.69) is 25.7 Å². The first-order valence-corrected chi connectivity index (χ1v) is 14.4. The number of sulfonamides is 1. The van der Waals surface area contributed by atoms with E-state index >= 15 is 0 Å². The molecule has 3 aromatic rings. The highest BCUT2D eigenvalue weighted by atomic mass is 32.2. The molecule has 2 heterocycles. The van der Waals surface area contributed by atoms with Crippen LogP contribution in [0.4, 0.5) is 0 Å². The molecule has 0 bridgehead atoms. The molecule has 0 aliphatic carbocycles. The Bertz CT molecular complexity index is 1510. The van der Waals surface area contributed by atoms with Crippen LogP contribution in [-0.4, -0.2) is 61.5 Å². The number of benzene rings is 2. The average Bonchev–Trinajstić information content (AvgIpc) is 2.93. The third-order valence-electron chi connectivity index (χ3n) is 6.94. The van der Waals surface area contributed by atoms with Crippen molar-refractivity contribution in [2.75, 3.05) is 26.2 Å². The van der Waals surface area contributed by atoms with Crippen molar-refractivity contribution >= 4 is 32.9 Å². The summed E-state index contributed by atoms with van der Waals surface area (Å²) in [6, 6.07) is 13.8. The zero-order valence-electron chi connectivity index (χ0n) is 22.1. The van der Waals surface area contributed by atoms with Gasteiger partial charge in [-0.05, 0) is 57.1 Å². The van der Waals surface area contributed by atoms with Gasteiger partial charge in [0.05, 0.1) is 15.9 Å². The van der Waals surface area contributed by atoms with E-state index in [1.165, 1.54) is 16.7 Å².